The molecule has 3 N–H and O–H groups in total. The van der Waals surface area contributed by atoms with Gasteiger partial charge in [0.05, 0.1) is 6.42 Å². The summed E-state index contributed by atoms with van der Waals surface area (Å²) in [6.07, 6.45) is 4.03. The zero-order valence-electron chi connectivity index (χ0n) is 9.69. The first-order valence-electron chi connectivity index (χ1n) is 6.43. The molecule has 0 aliphatic heterocycles. The van der Waals surface area contributed by atoms with Crippen LogP contribution in [-0.4, -0.2) is 29.7 Å². The van der Waals surface area contributed by atoms with Crippen molar-refractivity contribution < 1.29 is 14.7 Å². The van der Waals surface area contributed by atoms with Crippen LogP contribution in [0.1, 0.15) is 25.7 Å². The topological polar surface area (TPSA) is 78.4 Å². The van der Waals surface area contributed by atoms with Crippen molar-refractivity contribution >= 4 is 12.0 Å². The van der Waals surface area contributed by atoms with E-state index in [9.17, 15) is 9.59 Å². The maximum absolute atomic E-state index is 11.5. The predicted molar refractivity (Wildman–Crippen MR) is 60.4 cm³/mol. The molecule has 0 saturated heterocycles. The highest BCUT2D eigenvalue weighted by atomic mass is 16.4. The number of carboxylic acid groups (broad SMARTS) is 1. The van der Waals surface area contributed by atoms with Crippen LogP contribution in [0.3, 0.4) is 0 Å². The molecule has 0 radical (unpaired) electrons. The molecule has 2 bridgehead atoms. The molecule has 0 spiro atoms. The number of nitrogens with one attached hydrogen (secondary N) is 2. The van der Waals surface area contributed by atoms with E-state index in [1.165, 1.54) is 19.3 Å². The average molecular weight is 238 g/mol. The zero-order chi connectivity index (χ0) is 12.0. The Kier molecular flexibility index (Phi) is 2.49. The van der Waals surface area contributed by atoms with Crippen LogP contribution in [-0.2, 0) is 4.79 Å². The lowest BCUT2D eigenvalue weighted by atomic mass is 10.0. The van der Waals surface area contributed by atoms with Crippen molar-refractivity contribution in [3.63, 3.8) is 0 Å². The minimum absolute atomic E-state index is 0.0177. The van der Waals surface area contributed by atoms with Gasteiger partial charge in [-0.25, -0.2) is 4.79 Å². The van der Waals surface area contributed by atoms with Crippen molar-refractivity contribution in [2.45, 2.75) is 31.7 Å². The highest BCUT2D eigenvalue weighted by Crippen LogP contribution is 2.65. The fourth-order valence-electron chi connectivity index (χ4n) is 4.00. The van der Waals surface area contributed by atoms with Gasteiger partial charge in [0.15, 0.2) is 0 Å². The van der Waals surface area contributed by atoms with Gasteiger partial charge in [-0.2, -0.15) is 0 Å². The molecule has 17 heavy (non-hydrogen) atoms. The lowest BCUT2D eigenvalue weighted by Gasteiger charge is -2.11. The van der Waals surface area contributed by atoms with Crippen molar-refractivity contribution in [2.75, 3.05) is 6.54 Å². The van der Waals surface area contributed by atoms with Crippen LogP contribution in [0.4, 0.5) is 4.79 Å². The van der Waals surface area contributed by atoms with E-state index >= 15 is 0 Å². The molecule has 0 aromatic heterocycles. The molecule has 2 amide bonds. The Balaban J connectivity index is 1.41. The molecule has 5 nitrogen and oxygen atoms in total. The summed E-state index contributed by atoms with van der Waals surface area (Å²) < 4.78 is 0. The quantitative estimate of drug-likeness (QED) is 0.678. The molecule has 5 heteroatoms. The first-order chi connectivity index (χ1) is 8.16. The van der Waals surface area contributed by atoms with E-state index < -0.39 is 5.97 Å². The molecular weight excluding hydrogens is 220 g/mol. The Morgan fingerprint density at radius 3 is 2.41 bits per heavy atom. The molecule has 3 saturated carbocycles. The third-order valence-electron chi connectivity index (χ3n) is 4.66. The highest BCUT2D eigenvalue weighted by molar-refractivity contribution is 5.75. The Bertz CT molecular complexity index is 342. The molecular formula is C12H18N2O3. The standard InChI is InChI=1S/C12H18N2O3/c15-8(16)3-4-13-12(17)14-11-9-6-1-2-7(5-6)10(9)11/h6-7,9-11H,1-5H2,(H,15,16)(H2,13,14,17). The van der Waals surface area contributed by atoms with Gasteiger partial charge in [-0.1, -0.05) is 0 Å². The Labute approximate surface area is 100.0 Å². The van der Waals surface area contributed by atoms with Gasteiger partial charge in [-0.05, 0) is 42.9 Å². The largest absolute Gasteiger partial charge is 0.481 e. The minimum atomic E-state index is -0.883. The normalized spacial score (nSPS) is 40.8. The average Bonchev–Trinajstić information content (AvgIpc) is 2.70. The number of fused-ring (bicyclic) bond motifs is 5. The van der Waals surface area contributed by atoms with Crippen molar-refractivity contribution in [1.29, 1.82) is 0 Å². The van der Waals surface area contributed by atoms with E-state index in [2.05, 4.69) is 10.6 Å². The highest BCUT2D eigenvalue weighted by Gasteiger charge is 2.65. The molecule has 0 heterocycles. The molecule has 0 aromatic carbocycles. The third-order valence-corrected chi connectivity index (χ3v) is 4.66. The second kappa shape index (κ2) is 3.89. The second-order valence-corrected chi connectivity index (χ2v) is 5.56. The van der Waals surface area contributed by atoms with Crippen molar-refractivity contribution in [3.8, 4) is 0 Å². The smallest absolute Gasteiger partial charge is 0.315 e. The summed E-state index contributed by atoms with van der Waals surface area (Å²) in [5.74, 6) is 2.24. The summed E-state index contributed by atoms with van der Waals surface area (Å²) in [5.41, 5.74) is 0. The lowest BCUT2D eigenvalue weighted by molar-refractivity contribution is -0.136. The van der Waals surface area contributed by atoms with Gasteiger partial charge in [0.25, 0.3) is 0 Å². The van der Waals surface area contributed by atoms with Gasteiger partial charge in [0.1, 0.15) is 0 Å². The zero-order valence-corrected chi connectivity index (χ0v) is 9.69. The molecule has 0 aromatic rings. The van der Waals surface area contributed by atoms with E-state index in [0.717, 1.165) is 23.7 Å². The van der Waals surface area contributed by atoms with E-state index in [1.54, 1.807) is 0 Å². The summed E-state index contributed by atoms with van der Waals surface area (Å²) >= 11 is 0. The van der Waals surface area contributed by atoms with Gasteiger partial charge in [0, 0.05) is 12.6 Å². The molecule has 94 valence electrons. The molecule has 3 aliphatic carbocycles. The van der Waals surface area contributed by atoms with Crippen molar-refractivity contribution in [3.05, 3.63) is 0 Å². The van der Waals surface area contributed by atoms with Gasteiger partial charge < -0.3 is 15.7 Å². The number of carboxylic acids is 1. The maximum atomic E-state index is 11.5. The summed E-state index contributed by atoms with van der Waals surface area (Å²) in [7, 11) is 0. The number of urea groups is 1. The van der Waals surface area contributed by atoms with Gasteiger partial charge in [-0.3, -0.25) is 4.79 Å². The number of rotatable bonds is 4. The number of hydrogen-bond acceptors (Lipinski definition) is 2. The summed E-state index contributed by atoms with van der Waals surface area (Å²) in [6.45, 7) is 0.204. The van der Waals surface area contributed by atoms with Gasteiger partial charge >= 0.3 is 12.0 Å². The van der Waals surface area contributed by atoms with Crippen LogP contribution in [0.5, 0.6) is 0 Å². The van der Waals surface area contributed by atoms with Crippen molar-refractivity contribution in [1.82, 2.24) is 10.6 Å². The monoisotopic (exact) mass is 238 g/mol. The first kappa shape index (κ1) is 10.9. The van der Waals surface area contributed by atoms with Crippen LogP contribution in [0.2, 0.25) is 0 Å². The van der Waals surface area contributed by atoms with E-state index in [1.807, 2.05) is 0 Å². The van der Waals surface area contributed by atoms with Crippen LogP contribution in [0, 0.1) is 23.7 Å². The number of carbonyl (C=O) groups is 2. The maximum Gasteiger partial charge on any atom is 0.315 e. The van der Waals surface area contributed by atoms with E-state index in [0.29, 0.717) is 6.04 Å². The predicted octanol–water partition coefficient (Wildman–Crippen LogP) is 0.805. The second-order valence-electron chi connectivity index (χ2n) is 5.56. The molecule has 3 aliphatic rings. The molecule has 4 atom stereocenters. The Morgan fingerprint density at radius 1 is 1.18 bits per heavy atom. The van der Waals surface area contributed by atoms with E-state index in [4.69, 9.17) is 5.11 Å². The van der Waals surface area contributed by atoms with Crippen molar-refractivity contribution in [2.24, 2.45) is 23.7 Å². The number of aliphatic carboxylic acids is 1. The summed E-state index contributed by atoms with van der Waals surface area (Å²) in [5, 5.41) is 14.0. The Hall–Kier alpha value is -1.26. The van der Waals surface area contributed by atoms with Gasteiger partial charge in [0.2, 0.25) is 0 Å². The lowest BCUT2D eigenvalue weighted by Crippen LogP contribution is -2.39. The number of hydrogen-bond donors (Lipinski definition) is 3. The van der Waals surface area contributed by atoms with Crippen LogP contribution >= 0.6 is 0 Å². The molecule has 4 unspecified atom stereocenters. The SMILES string of the molecule is O=C(O)CCNC(=O)NC1C2C3CCC(C3)C12. The fraction of sp³-hybridized carbons (Fsp3) is 0.833. The number of carbonyl (C=O) groups excluding carboxylic acids is 1. The molecule has 3 rings (SSSR count). The fourth-order valence-corrected chi connectivity index (χ4v) is 4.00. The Morgan fingerprint density at radius 2 is 1.82 bits per heavy atom. The van der Waals surface area contributed by atoms with Crippen LogP contribution < -0.4 is 10.6 Å². The first-order valence-corrected chi connectivity index (χ1v) is 6.43. The number of amides is 2. The van der Waals surface area contributed by atoms with Gasteiger partial charge in [-0.15, -0.1) is 0 Å². The third kappa shape index (κ3) is 1.87. The van der Waals surface area contributed by atoms with Crippen LogP contribution in [0.15, 0.2) is 0 Å². The molecule has 3 fully saturated rings. The summed E-state index contributed by atoms with van der Waals surface area (Å²) in [4.78, 5) is 21.8. The summed E-state index contributed by atoms with van der Waals surface area (Å²) in [6, 6.07) is 0.163. The minimum Gasteiger partial charge on any atom is -0.481 e. The van der Waals surface area contributed by atoms with Crippen LogP contribution in [0.25, 0.3) is 0 Å². The van der Waals surface area contributed by atoms with E-state index in [-0.39, 0.29) is 19.0 Å².